The van der Waals surface area contributed by atoms with E-state index in [2.05, 4.69) is 22.5 Å². The number of hydrogen-bond acceptors (Lipinski definition) is 3. The molecule has 0 saturated heterocycles. The van der Waals surface area contributed by atoms with Crippen LogP contribution in [0, 0.1) is 5.92 Å². The van der Waals surface area contributed by atoms with E-state index in [0.717, 1.165) is 35.5 Å². The molecule has 0 spiro atoms. The number of amides is 1. The number of thiazole rings is 1. The number of rotatable bonds is 3. The van der Waals surface area contributed by atoms with Crippen LogP contribution in [0.25, 0.3) is 10.6 Å². The highest BCUT2D eigenvalue weighted by Gasteiger charge is 2.18. The minimum absolute atomic E-state index is 0.110. The normalized spacial score (nSPS) is 17.9. The second-order valence-electron chi connectivity index (χ2n) is 4.89. The van der Waals surface area contributed by atoms with Gasteiger partial charge < -0.3 is 5.32 Å². The zero-order valence-corrected chi connectivity index (χ0v) is 11.9. The maximum atomic E-state index is 12.1. The number of anilines is 1. The topological polar surface area (TPSA) is 42.0 Å². The first kappa shape index (κ1) is 13.1. The van der Waals surface area contributed by atoms with Gasteiger partial charge in [-0.05, 0) is 43.5 Å². The molecule has 1 heterocycles. The van der Waals surface area contributed by atoms with Crippen LogP contribution < -0.4 is 5.32 Å². The molecule has 1 aromatic heterocycles. The molecule has 1 amide bonds. The first-order chi connectivity index (χ1) is 9.83. The fraction of sp³-hybridized carbons (Fsp3) is 0.250. The number of nitrogens with one attached hydrogen (secondary N) is 1. The van der Waals surface area contributed by atoms with Crippen molar-refractivity contribution >= 4 is 22.9 Å². The third-order valence-electron chi connectivity index (χ3n) is 3.47. The van der Waals surface area contributed by atoms with Crippen molar-refractivity contribution in [3.8, 4) is 10.6 Å². The van der Waals surface area contributed by atoms with E-state index >= 15 is 0 Å². The van der Waals surface area contributed by atoms with Crippen molar-refractivity contribution in [3.63, 3.8) is 0 Å². The van der Waals surface area contributed by atoms with Gasteiger partial charge in [0.25, 0.3) is 0 Å². The molecule has 1 aromatic carbocycles. The van der Waals surface area contributed by atoms with Crippen LogP contribution in [0.5, 0.6) is 0 Å². The van der Waals surface area contributed by atoms with Crippen LogP contribution >= 0.6 is 11.3 Å². The number of nitrogens with zero attached hydrogens (tertiary/aromatic N) is 1. The van der Waals surface area contributed by atoms with E-state index in [1.54, 1.807) is 17.5 Å². The average Bonchev–Trinajstić information content (AvgIpc) is 3.03. The Bertz CT molecular complexity index is 602. The number of benzene rings is 1. The van der Waals surface area contributed by atoms with Crippen LogP contribution in [0.2, 0.25) is 0 Å². The van der Waals surface area contributed by atoms with Gasteiger partial charge in [0.1, 0.15) is 5.01 Å². The summed E-state index contributed by atoms with van der Waals surface area (Å²) in [6, 6.07) is 7.87. The Kier molecular flexibility index (Phi) is 3.92. The Morgan fingerprint density at radius 3 is 2.75 bits per heavy atom. The first-order valence-electron chi connectivity index (χ1n) is 6.79. The van der Waals surface area contributed by atoms with E-state index in [1.165, 1.54) is 0 Å². The van der Waals surface area contributed by atoms with Gasteiger partial charge >= 0.3 is 0 Å². The molecule has 0 aliphatic heterocycles. The molecule has 0 radical (unpaired) electrons. The molecular formula is C16H16N2OS. The van der Waals surface area contributed by atoms with Gasteiger partial charge in [-0.2, -0.15) is 0 Å². The average molecular weight is 284 g/mol. The molecule has 102 valence electrons. The van der Waals surface area contributed by atoms with Gasteiger partial charge in [0.05, 0.1) is 0 Å². The number of carbonyl (C=O) groups excluding carboxylic acids is 1. The Labute approximate surface area is 122 Å². The maximum absolute atomic E-state index is 12.1. The summed E-state index contributed by atoms with van der Waals surface area (Å²) in [5.74, 6) is 0.231. The molecule has 3 nitrogen and oxygen atoms in total. The van der Waals surface area contributed by atoms with E-state index in [1.807, 2.05) is 29.6 Å². The van der Waals surface area contributed by atoms with Crippen LogP contribution in [0.1, 0.15) is 19.3 Å². The SMILES string of the molecule is O=C(Nc1ccc(-c2nccs2)cc1)[C@@H]1CC=CCC1. The van der Waals surface area contributed by atoms with E-state index in [9.17, 15) is 4.79 Å². The van der Waals surface area contributed by atoms with Gasteiger partial charge in [0.2, 0.25) is 5.91 Å². The molecule has 0 fully saturated rings. The number of allylic oxidation sites excluding steroid dienone is 2. The largest absolute Gasteiger partial charge is 0.326 e. The summed E-state index contributed by atoms with van der Waals surface area (Å²) in [7, 11) is 0. The zero-order valence-electron chi connectivity index (χ0n) is 11.1. The van der Waals surface area contributed by atoms with E-state index < -0.39 is 0 Å². The number of carbonyl (C=O) groups is 1. The number of hydrogen-bond donors (Lipinski definition) is 1. The predicted octanol–water partition coefficient (Wildman–Crippen LogP) is 4.10. The standard InChI is InChI=1S/C16H16N2OS/c19-15(12-4-2-1-3-5-12)18-14-8-6-13(7-9-14)16-17-10-11-20-16/h1-2,6-12H,3-5H2,(H,18,19)/t12-/m1/s1. The van der Waals surface area contributed by atoms with Gasteiger partial charge in [-0.15, -0.1) is 11.3 Å². The van der Waals surface area contributed by atoms with Crippen LogP contribution in [-0.4, -0.2) is 10.9 Å². The lowest BCUT2D eigenvalue weighted by atomic mass is 9.93. The molecule has 20 heavy (non-hydrogen) atoms. The molecule has 0 bridgehead atoms. The smallest absolute Gasteiger partial charge is 0.227 e. The summed E-state index contributed by atoms with van der Waals surface area (Å²) in [6.07, 6.45) is 8.84. The molecule has 3 rings (SSSR count). The van der Waals surface area contributed by atoms with Crippen LogP contribution in [-0.2, 0) is 4.79 Å². The molecule has 1 aliphatic rings. The second-order valence-corrected chi connectivity index (χ2v) is 5.78. The van der Waals surface area contributed by atoms with Crippen molar-refractivity contribution in [2.45, 2.75) is 19.3 Å². The van der Waals surface area contributed by atoms with E-state index in [4.69, 9.17) is 0 Å². The zero-order chi connectivity index (χ0) is 13.8. The lowest BCUT2D eigenvalue weighted by molar-refractivity contribution is -0.120. The molecule has 4 heteroatoms. The van der Waals surface area contributed by atoms with Crippen molar-refractivity contribution in [2.24, 2.45) is 5.92 Å². The molecular weight excluding hydrogens is 268 g/mol. The van der Waals surface area contributed by atoms with Crippen LogP contribution in [0.3, 0.4) is 0 Å². The minimum atomic E-state index is 0.110. The quantitative estimate of drug-likeness (QED) is 0.862. The van der Waals surface area contributed by atoms with Crippen molar-refractivity contribution in [1.82, 2.24) is 4.98 Å². The molecule has 2 aromatic rings. The minimum Gasteiger partial charge on any atom is -0.326 e. The van der Waals surface area contributed by atoms with Gasteiger partial charge in [-0.25, -0.2) is 4.98 Å². The highest BCUT2D eigenvalue weighted by molar-refractivity contribution is 7.13. The summed E-state index contributed by atoms with van der Waals surface area (Å²) < 4.78 is 0. The first-order valence-corrected chi connectivity index (χ1v) is 7.67. The van der Waals surface area contributed by atoms with Crippen LogP contribution in [0.15, 0.2) is 48.0 Å². The summed E-state index contributed by atoms with van der Waals surface area (Å²) in [5, 5.41) is 5.95. The third kappa shape index (κ3) is 2.96. The van der Waals surface area contributed by atoms with Crippen molar-refractivity contribution < 1.29 is 4.79 Å². The highest BCUT2D eigenvalue weighted by atomic mass is 32.1. The molecule has 1 aliphatic carbocycles. The van der Waals surface area contributed by atoms with Gasteiger partial charge in [0.15, 0.2) is 0 Å². The number of aromatic nitrogens is 1. The summed E-state index contributed by atoms with van der Waals surface area (Å²) in [6.45, 7) is 0. The Hall–Kier alpha value is -1.94. The van der Waals surface area contributed by atoms with Gasteiger partial charge in [-0.3, -0.25) is 4.79 Å². The van der Waals surface area contributed by atoms with Crippen molar-refractivity contribution in [1.29, 1.82) is 0 Å². The van der Waals surface area contributed by atoms with Crippen LogP contribution in [0.4, 0.5) is 5.69 Å². The van der Waals surface area contributed by atoms with Crippen molar-refractivity contribution in [2.75, 3.05) is 5.32 Å². The Morgan fingerprint density at radius 1 is 1.25 bits per heavy atom. The third-order valence-corrected chi connectivity index (χ3v) is 4.29. The predicted molar refractivity (Wildman–Crippen MR) is 82.7 cm³/mol. The van der Waals surface area contributed by atoms with E-state index in [-0.39, 0.29) is 11.8 Å². The summed E-state index contributed by atoms with van der Waals surface area (Å²) in [4.78, 5) is 16.4. The monoisotopic (exact) mass is 284 g/mol. The molecule has 1 atom stereocenters. The molecule has 0 saturated carbocycles. The molecule has 0 unspecified atom stereocenters. The fourth-order valence-corrected chi connectivity index (χ4v) is 2.98. The fourth-order valence-electron chi connectivity index (χ4n) is 2.34. The maximum Gasteiger partial charge on any atom is 0.227 e. The van der Waals surface area contributed by atoms with Crippen molar-refractivity contribution in [3.05, 3.63) is 48.0 Å². The Morgan fingerprint density at radius 2 is 2.10 bits per heavy atom. The molecule has 1 N–H and O–H groups in total. The second kappa shape index (κ2) is 6.01. The lowest BCUT2D eigenvalue weighted by Gasteiger charge is -2.17. The summed E-state index contributed by atoms with van der Waals surface area (Å²) >= 11 is 1.61. The lowest BCUT2D eigenvalue weighted by Crippen LogP contribution is -2.23. The highest BCUT2D eigenvalue weighted by Crippen LogP contribution is 2.24. The van der Waals surface area contributed by atoms with Gasteiger partial charge in [-0.1, -0.05) is 12.2 Å². The summed E-state index contributed by atoms with van der Waals surface area (Å²) in [5.41, 5.74) is 1.93. The Balaban J connectivity index is 1.66. The van der Waals surface area contributed by atoms with Gasteiger partial charge in [0, 0.05) is 28.7 Å². The van der Waals surface area contributed by atoms with E-state index in [0.29, 0.717) is 0 Å².